The first kappa shape index (κ1) is 17.4. The van der Waals surface area contributed by atoms with Crippen molar-refractivity contribution in [2.75, 3.05) is 26.1 Å². The van der Waals surface area contributed by atoms with Crippen LogP contribution in [0.2, 0.25) is 0 Å². The molecule has 0 unspecified atom stereocenters. The summed E-state index contributed by atoms with van der Waals surface area (Å²) in [6, 6.07) is 6.97. The molecule has 0 saturated carbocycles. The number of anilines is 1. The molecule has 1 heterocycles. The normalized spacial score (nSPS) is 10.3. The second-order valence-electron chi connectivity index (χ2n) is 4.81. The van der Waals surface area contributed by atoms with E-state index in [1.807, 2.05) is 0 Å². The van der Waals surface area contributed by atoms with E-state index in [2.05, 4.69) is 0 Å². The summed E-state index contributed by atoms with van der Waals surface area (Å²) in [7, 11) is 1.56. The SMILES string of the molecule is CCOC(=O)c1cn(-c2ccc(OC)cc2)c(C(=O)OCC)c1N. The summed E-state index contributed by atoms with van der Waals surface area (Å²) in [4.78, 5) is 24.3. The van der Waals surface area contributed by atoms with Crippen molar-refractivity contribution < 1.29 is 23.8 Å². The Labute approximate surface area is 139 Å². The molecule has 0 radical (unpaired) electrons. The molecule has 2 aromatic rings. The number of nitrogens with zero attached hydrogens (tertiary/aromatic N) is 1. The van der Waals surface area contributed by atoms with Crippen molar-refractivity contribution in [2.24, 2.45) is 0 Å². The lowest BCUT2D eigenvalue weighted by atomic mass is 10.2. The average molecular weight is 332 g/mol. The summed E-state index contributed by atoms with van der Waals surface area (Å²) < 4.78 is 16.7. The van der Waals surface area contributed by atoms with Crippen LogP contribution in [-0.2, 0) is 9.47 Å². The van der Waals surface area contributed by atoms with Gasteiger partial charge in [-0.05, 0) is 38.1 Å². The molecule has 0 bridgehead atoms. The summed E-state index contributed by atoms with van der Waals surface area (Å²) in [5.41, 5.74) is 6.89. The maximum Gasteiger partial charge on any atom is 0.357 e. The predicted octanol–water partition coefficient (Wildman–Crippen LogP) is 2.42. The van der Waals surface area contributed by atoms with Gasteiger partial charge in [0.25, 0.3) is 0 Å². The molecular formula is C17H20N2O5. The zero-order chi connectivity index (χ0) is 17.7. The average Bonchev–Trinajstić information content (AvgIpc) is 2.93. The van der Waals surface area contributed by atoms with Crippen LogP contribution in [0.25, 0.3) is 5.69 Å². The highest BCUT2D eigenvalue weighted by Gasteiger charge is 2.26. The van der Waals surface area contributed by atoms with Crippen molar-refractivity contribution in [3.63, 3.8) is 0 Å². The first-order valence-electron chi connectivity index (χ1n) is 7.52. The molecule has 24 heavy (non-hydrogen) atoms. The van der Waals surface area contributed by atoms with E-state index in [-0.39, 0.29) is 30.2 Å². The van der Waals surface area contributed by atoms with Crippen LogP contribution in [-0.4, -0.2) is 36.8 Å². The van der Waals surface area contributed by atoms with Gasteiger partial charge in [0.2, 0.25) is 0 Å². The number of esters is 2. The van der Waals surface area contributed by atoms with Gasteiger partial charge in [-0.2, -0.15) is 0 Å². The van der Waals surface area contributed by atoms with E-state index in [0.717, 1.165) is 0 Å². The minimum Gasteiger partial charge on any atom is -0.497 e. The fourth-order valence-corrected chi connectivity index (χ4v) is 2.25. The molecule has 1 aromatic heterocycles. The number of hydrogen-bond donors (Lipinski definition) is 1. The maximum atomic E-state index is 12.3. The highest BCUT2D eigenvalue weighted by molar-refractivity contribution is 6.04. The van der Waals surface area contributed by atoms with E-state index in [4.69, 9.17) is 19.9 Å². The molecule has 2 rings (SSSR count). The monoisotopic (exact) mass is 332 g/mol. The maximum absolute atomic E-state index is 12.3. The minimum absolute atomic E-state index is 0.0303. The first-order valence-corrected chi connectivity index (χ1v) is 7.52. The zero-order valence-corrected chi connectivity index (χ0v) is 13.9. The smallest absolute Gasteiger partial charge is 0.357 e. The molecule has 7 heteroatoms. The van der Waals surface area contributed by atoms with Crippen LogP contribution in [0, 0.1) is 0 Å². The van der Waals surface area contributed by atoms with Gasteiger partial charge in [0.1, 0.15) is 11.3 Å². The lowest BCUT2D eigenvalue weighted by molar-refractivity contribution is 0.0516. The van der Waals surface area contributed by atoms with Gasteiger partial charge in [0.15, 0.2) is 5.69 Å². The van der Waals surface area contributed by atoms with E-state index < -0.39 is 11.9 Å². The molecule has 0 aliphatic rings. The Morgan fingerprint density at radius 1 is 1.04 bits per heavy atom. The summed E-state index contributed by atoms with van der Waals surface area (Å²) in [5.74, 6) is -0.531. The third kappa shape index (κ3) is 3.34. The van der Waals surface area contributed by atoms with E-state index in [0.29, 0.717) is 11.4 Å². The van der Waals surface area contributed by atoms with Crippen molar-refractivity contribution in [1.82, 2.24) is 4.57 Å². The van der Waals surface area contributed by atoms with Gasteiger partial charge in [-0.15, -0.1) is 0 Å². The van der Waals surface area contributed by atoms with E-state index in [1.165, 1.54) is 10.8 Å². The van der Waals surface area contributed by atoms with Gasteiger partial charge in [-0.25, -0.2) is 9.59 Å². The minimum atomic E-state index is -0.610. The number of ether oxygens (including phenoxy) is 3. The summed E-state index contributed by atoms with van der Waals surface area (Å²) >= 11 is 0. The summed E-state index contributed by atoms with van der Waals surface area (Å²) in [6.45, 7) is 3.80. The highest BCUT2D eigenvalue weighted by atomic mass is 16.5. The molecule has 128 valence electrons. The number of methoxy groups -OCH3 is 1. The Balaban J connectivity index is 2.56. The number of benzene rings is 1. The molecule has 7 nitrogen and oxygen atoms in total. The highest BCUT2D eigenvalue weighted by Crippen LogP contribution is 2.27. The molecule has 0 fully saturated rings. The summed E-state index contributed by atoms with van der Waals surface area (Å²) in [6.07, 6.45) is 1.47. The number of carbonyl (C=O) groups is 2. The topological polar surface area (TPSA) is 92.8 Å². The Morgan fingerprint density at radius 3 is 2.17 bits per heavy atom. The lowest BCUT2D eigenvalue weighted by Gasteiger charge is -2.10. The second kappa shape index (κ2) is 7.54. The fraction of sp³-hybridized carbons (Fsp3) is 0.294. The molecule has 0 aliphatic carbocycles. The molecule has 0 atom stereocenters. The van der Waals surface area contributed by atoms with Gasteiger partial charge < -0.3 is 24.5 Å². The first-order chi connectivity index (χ1) is 11.5. The third-order valence-corrected chi connectivity index (χ3v) is 3.36. The van der Waals surface area contributed by atoms with Gasteiger partial charge >= 0.3 is 11.9 Å². The Kier molecular flexibility index (Phi) is 5.47. The van der Waals surface area contributed by atoms with Crippen LogP contribution in [0.5, 0.6) is 5.75 Å². The number of carbonyl (C=O) groups excluding carboxylic acids is 2. The van der Waals surface area contributed by atoms with Crippen molar-refractivity contribution in [1.29, 1.82) is 0 Å². The van der Waals surface area contributed by atoms with Gasteiger partial charge in [-0.3, -0.25) is 0 Å². The predicted molar refractivity (Wildman–Crippen MR) is 88.6 cm³/mol. The quantitative estimate of drug-likeness (QED) is 0.817. The van der Waals surface area contributed by atoms with Crippen molar-refractivity contribution in [3.05, 3.63) is 41.7 Å². The molecule has 1 aromatic carbocycles. The molecule has 0 aliphatic heterocycles. The third-order valence-electron chi connectivity index (χ3n) is 3.36. The largest absolute Gasteiger partial charge is 0.497 e. The van der Waals surface area contributed by atoms with Crippen LogP contribution in [0.3, 0.4) is 0 Å². The zero-order valence-electron chi connectivity index (χ0n) is 13.9. The summed E-state index contributed by atoms with van der Waals surface area (Å²) in [5, 5.41) is 0. The number of nitrogen functional groups attached to an aromatic ring is 1. The Morgan fingerprint density at radius 2 is 1.62 bits per heavy atom. The van der Waals surface area contributed by atoms with Crippen molar-refractivity contribution >= 4 is 17.6 Å². The van der Waals surface area contributed by atoms with Crippen molar-refractivity contribution in [2.45, 2.75) is 13.8 Å². The number of hydrogen-bond acceptors (Lipinski definition) is 6. The Hall–Kier alpha value is -2.96. The number of nitrogens with two attached hydrogens (primary N) is 1. The van der Waals surface area contributed by atoms with E-state index in [9.17, 15) is 9.59 Å². The van der Waals surface area contributed by atoms with Crippen LogP contribution in [0.15, 0.2) is 30.5 Å². The van der Waals surface area contributed by atoms with E-state index in [1.54, 1.807) is 45.2 Å². The lowest BCUT2D eigenvalue weighted by Crippen LogP contribution is -2.13. The van der Waals surface area contributed by atoms with Crippen LogP contribution >= 0.6 is 0 Å². The molecule has 0 spiro atoms. The van der Waals surface area contributed by atoms with E-state index >= 15 is 0 Å². The number of aromatic nitrogens is 1. The van der Waals surface area contributed by atoms with Gasteiger partial charge in [0, 0.05) is 11.9 Å². The Bertz CT molecular complexity index is 734. The fourth-order valence-electron chi connectivity index (χ4n) is 2.25. The number of rotatable bonds is 6. The van der Waals surface area contributed by atoms with Gasteiger partial charge in [0.05, 0.1) is 26.0 Å². The second-order valence-corrected chi connectivity index (χ2v) is 4.81. The van der Waals surface area contributed by atoms with Crippen LogP contribution in [0.1, 0.15) is 34.7 Å². The van der Waals surface area contributed by atoms with Crippen LogP contribution < -0.4 is 10.5 Å². The van der Waals surface area contributed by atoms with Crippen molar-refractivity contribution in [3.8, 4) is 11.4 Å². The van der Waals surface area contributed by atoms with Gasteiger partial charge in [-0.1, -0.05) is 0 Å². The standard InChI is InChI=1S/C17H20N2O5/c1-4-23-16(20)13-10-19(11-6-8-12(22-3)9-7-11)15(14(13)18)17(21)24-5-2/h6-10H,4-5,18H2,1-3H3. The van der Waals surface area contributed by atoms with Crippen LogP contribution in [0.4, 0.5) is 5.69 Å². The molecule has 0 amide bonds. The molecule has 0 saturated heterocycles. The molecular weight excluding hydrogens is 312 g/mol. The molecule has 2 N–H and O–H groups in total.